The molecule has 0 spiro atoms. The second-order valence-electron chi connectivity index (χ2n) is 4.16. The van der Waals surface area contributed by atoms with Crippen molar-refractivity contribution in [2.75, 3.05) is 5.32 Å². The third-order valence-corrected chi connectivity index (χ3v) is 2.03. The van der Waals surface area contributed by atoms with Gasteiger partial charge in [0.1, 0.15) is 5.82 Å². The van der Waals surface area contributed by atoms with Gasteiger partial charge in [0, 0.05) is 6.42 Å². The topological polar surface area (TPSA) is 108 Å². The maximum Gasteiger partial charge on any atom is 0.309 e. The molecule has 0 saturated carbocycles. The van der Waals surface area contributed by atoms with Crippen LogP contribution in [0.5, 0.6) is 0 Å². The fraction of sp³-hybridized carbons (Fsp3) is 0.556. The molecule has 1 aromatic rings. The molecule has 1 amide bonds. The zero-order chi connectivity index (χ0) is 12.3. The minimum atomic E-state index is -1.10. The lowest BCUT2D eigenvalue weighted by Crippen LogP contribution is -2.29. The highest BCUT2D eigenvalue weighted by Crippen LogP contribution is 2.20. The van der Waals surface area contributed by atoms with E-state index >= 15 is 0 Å². The van der Waals surface area contributed by atoms with Crippen LogP contribution in [0.1, 0.15) is 26.1 Å². The summed E-state index contributed by atoms with van der Waals surface area (Å²) in [5.74, 6) is -0.711. The normalized spacial score (nSPS) is 11.2. The number of amides is 1. The van der Waals surface area contributed by atoms with Gasteiger partial charge in [0.2, 0.25) is 11.9 Å². The predicted molar refractivity (Wildman–Crippen MR) is 55.8 cm³/mol. The van der Waals surface area contributed by atoms with Crippen molar-refractivity contribution in [3.8, 4) is 0 Å². The Morgan fingerprint density at radius 3 is 2.56 bits per heavy atom. The molecule has 0 aliphatic rings. The molecule has 1 rings (SSSR count). The maximum atomic E-state index is 11.5. The van der Waals surface area contributed by atoms with E-state index in [2.05, 4.69) is 20.5 Å². The SMILES string of the molecule is Cc1nc(NC(=O)CC(C)(C)C(=O)O)n[nH]1. The fourth-order valence-corrected chi connectivity index (χ4v) is 1.04. The maximum absolute atomic E-state index is 11.5. The summed E-state index contributed by atoms with van der Waals surface area (Å²) in [7, 11) is 0. The molecule has 1 aromatic heterocycles. The number of nitrogens with one attached hydrogen (secondary N) is 2. The van der Waals surface area contributed by atoms with Crippen LogP contribution in [0.3, 0.4) is 0 Å². The van der Waals surface area contributed by atoms with E-state index in [1.54, 1.807) is 6.92 Å². The number of H-pyrrole nitrogens is 1. The molecule has 0 bridgehead atoms. The van der Waals surface area contributed by atoms with Crippen LogP contribution >= 0.6 is 0 Å². The number of carbonyl (C=O) groups excluding carboxylic acids is 1. The number of aliphatic carboxylic acids is 1. The van der Waals surface area contributed by atoms with Gasteiger partial charge in [-0.3, -0.25) is 20.0 Å². The Morgan fingerprint density at radius 2 is 2.12 bits per heavy atom. The van der Waals surface area contributed by atoms with Crippen LogP contribution in [0.4, 0.5) is 5.95 Å². The quantitative estimate of drug-likeness (QED) is 0.694. The van der Waals surface area contributed by atoms with Gasteiger partial charge in [0.15, 0.2) is 0 Å². The standard InChI is InChI=1S/C9H14N4O3/c1-5-10-8(13-12-5)11-6(14)4-9(2,3)7(15)16/h4H2,1-3H3,(H,15,16)(H2,10,11,12,13,14). The van der Waals surface area contributed by atoms with Crippen molar-refractivity contribution in [3.63, 3.8) is 0 Å². The molecule has 88 valence electrons. The third kappa shape index (κ3) is 3.04. The Morgan fingerprint density at radius 1 is 1.50 bits per heavy atom. The molecular formula is C9H14N4O3. The number of carbonyl (C=O) groups is 2. The summed E-state index contributed by atoms with van der Waals surface area (Å²) in [6.07, 6.45) is -0.129. The van der Waals surface area contributed by atoms with Gasteiger partial charge in [-0.2, -0.15) is 4.98 Å². The molecule has 7 heteroatoms. The van der Waals surface area contributed by atoms with E-state index in [1.165, 1.54) is 13.8 Å². The van der Waals surface area contributed by atoms with Gasteiger partial charge < -0.3 is 5.11 Å². The number of carboxylic acid groups (broad SMARTS) is 1. The molecule has 1 heterocycles. The van der Waals surface area contributed by atoms with E-state index in [9.17, 15) is 9.59 Å². The van der Waals surface area contributed by atoms with Gasteiger partial charge in [-0.1, -0.05) is 0 Å². The lowest BCUT2D eigenvalue weighted by Gasteiger charge is -2.17. The first kappa shape index (κ1) is 12.2. The number of carboxylic acids is 1. The summed E-state index contributed by atoms with van der Waals surface area (Å²) in [5, 5.41) is 17.5. The monoisotopic (exact) mass is 226 g/mol. The summed E-state index contributed by atoms with van der Waals surface area (Å²) in [4.78, 5) is 26.1. The molecule has 0 saturated heterocycles. The van der Waals surface area contributed by atoms with E-state index in [0.717, 1.165) is 0 Å². The molecular weight excluding hydrogens is 212 g/mol. The van der Waals surface area contributed by atoms with Crippen LogP contribution in [0.15, 0.2) is 0 Å². The molecule has 0 radical (unpaired) electrons. The minimum absolute atomic E-state index is 0.129. The second kappa shape index (κ2) is 4.30. The van der Waals surface area contributed by atoms with Gasteiger partial charge in [-0.25, -0.2) is 0 Å². The van der Waals surface area contributed by atoms with Gasteiger partial charge in [-0.15, -0.1) is 5.10 Å². The van der Waals surface area contributed by atoms with E-state index in [4.69, 9.17) is 5.11 Å². The predicted octanol–water partition coefficient (Wildman–Crippen LogP) is 0.553. The lowest BCUT2D eigenvalue weighted by atomic mass is 9.89. The number of aromatic amines is 1. The Balaban J connectivity index is 2.58. The smallest absolute Gasteiger partial charge is 0.309 e. The molecule has 0 unspecified atom stereocenters. The van der Waals surface area contributed by atoms with Gasteiger partial charge in [0.05, 0.1) is 5.41 Å². The summed E-state index contributed by atoms with van der Waals surface area (Å²) >= 11 is 0. The summed E-state index contributed by atoms with van der Waals surface area (Å²) in [5.41, 5.74) is -1.10. The number of hydrogen-bond donors (Lipinski definition) is 3. The molecule has 0 aromatic carbocycles. The van der Waals surface area contributed by atoms with E-state index in [-0.39, 0.29) is 12.4 Å². The summed E-state index contributed by atoms with van der Waals surface area (Å²) < 4.78 is 0. The van der Waals surface area contributed by atoms with E-state index in [0.29, 0.717) is 5.82 Å². The Labute approximate surface area is 92.3 Å². The van der Waals surface area contributed by atoms with Crippen molar-refractivity contribution in [2.24, 2.45) is 5.41 Å². The highest BCUT2D eigenvalue weighted by atomic mass is 16.4. The van der Waals surface area contributed by atoms with Crippen molar-refractivity contribution in [3.05, 3.63) is 5.82 Å². The van der Waals surface area contributed by atoms with Crippen LogP contribution < -0.4 is 5.32 Å². The molecule has 16 heavy (non-hydrogen) atoms. The Bertz CT molecular complexity index is 411. The van der Waals surface area contributed by atoms with Crippen LogP contribution in [-0.4, -0.2) is 32.2 Å². The molecule has 7 nitrogen and oxygen atoms in total. The van der Waals surface area contributed by atoms with Crippen LogP contribution in [0.25, 0.3) is 0 Å². The molecule has 0 atom stereocenters. The number of aromatic nitrogens is 3. The van der Waals surface area contributed by atoms with Crippen LogP contribution in [0.2, 0.25) is 0 Å². The van der Waals surface area contributed by atoms with Gasteiger partial charge in [-0.05, 0) is 20.8 Å². The molecule has 3 N–H and O–H groups in total. The lowest BCUT2D eigenvalue weighted by molar-refractivity contribution is -0.148. The zero-order valence-electron chi connectivity index (χ0n) is 9.37. The third-order valence-electron chi connectivity index (χ3n) is 2.03. The number of anilines is 1. The number of rotatable bonds is 4. The fourth-order valence-electron chi connectivity index (χ4n) is 1.04. The summed E-state index contributed by atoms with van der Waals surface area (Å²) in [6.45, 7) is 4.67. The average Bonchev–Trinajstić information content (AvgIpc) is 2.49. The van der Waals surface area contributed by atoms with Crippen LogP contribution in [0, 0.1) is 12.3 Å². The number of aryl methyl sites for hydroxylation is 1. The molecule has 0 aliphatic heterocycles. The van der Waals surface area contributed by atoms with Gasteiger partial charge >= 0.3 is 5.97 Å². The van der Waals surface area contributed by atoms with E-state index in [1.807, 2.05) is 0 Å². The first-order valence-corrected chi connectivity index (χ1v) is 4.73. The minimum Gasteiger partial charge on any atom is -0.481 e. The first-order valence-electron chi connectivity index (χ1n) is 4.73. The number of hydrogen-bond acceptors (Lipinski definition) is 4. The average molecular weight is 226 g/mol. The second-order valence-corrected chi connectivity index (χ2v) is 4.16. The Hall–Kier alpha value is -1.92. The highest BCUT2D eigenvalue weighted by Gasteiger charge is 2.30. The Kier molecular flexibility index (Phi) is 3.26. The van der Waals surface area contributed by atoms with E-state index < -0.39 is 17.3 Å². The summed E-state index contributed by atoms with van der Waals surface area (Å²) in [6, 6.07) is 0. The first-order chi connectivity index (χ1) is 7.31. The van der Waals surface area contributed by atoms with Crippen molar-refractivity contribution in [1.82, 2.24) is 15.2 Å². The van der Waals surface area contributed by atoms with Crippen molar-refractivity contribution < 1.29 is 14.7 Å². The number of nitrogens with zero attached hydrogens (tertiary/aromatic N) is 2. The van der Waals surface area contributed by atoms with Crippen molar-refractivity contribution in [1.29, 1.82) is 0 Å². The van der Waals surface area contributed by atoms with Crippen molar-refractivity contribution >= 4 is 17.8 Å². The molecule has 0 aliphatic carbocycles. The largest absolute Gasteiger partial charge is 0.481 e. The van der Waals surface area contributed by atoms with Crippen LogP contribution in [-0.2, 0) is 9.59 Å². The zero-order valence-corrected chi connectivity index (χ0v) is 9.37. The van der Waals surface area contributed by atoms with Crippen molar-refractivity contribution in [2.45, 2.75) is 27.2 Å². The molecule has 0 fully saturated rings. The van der Waals surface area contributed by atoms with Gasteiger partial charge in [0.25, 0.3) is 0 Å². The highest BCUT2D eigenvalue weighted by molar-refractivity contribution is 5.92.